The first-order chi connectivity index (χ1) is 8.62. The lowest BCUT2D eigenvalue weighted by Crippen LogP contribution is -2.70. The van der Waals surface area contributed by atoms with E-state index in [1.807, 2.05) is 19.1 Å². The topological polar surface area (TPSA) is 49.4 Å². The minimum absolute atomic E-state index is 0.0406. The smallest absolute Gasteiger partial charge is 0.246 e. The fourth-order valence-electron chi connectivity index (χ4n) is 3.07. The number of hydrogen-bond acceptors (Lipinski definition) is 2. The summed E-state index contributed by atoms with van der Waals surface area (Å²) in [5.41, 5.74) is -0.582. The summed E-state index contributed by atoms with van der Waals surface area (Å²) in [6.07, 6.45) is 8.71. The molecule has 2 aliphatic rings. The van der Waals surface area contributed by atoms with Crippen molar-refractivity contribution in [3.63, 3.8) is 0 Å². The van der Waals surface area contributed by atoms with Crippen molar-refractivity contribution in [3.05, 3.63) is 12.2 Å². The average Bonchev–Trinajstić information content (AvgIpc) is 2.38. The van der Waals surface area contributed by atoms with E-state index >= 15 is 0 Å². The van der Waals surface area contributed by atoms with Crippen molar-refractivity contribution < 1.29 is 9.59 Å². The molecule has 1 N–H and O–H groups in total. The molecule has 0 aromatic rings. The third-order valence-electron chi connectivity index (χ3n) is 4.13. The maximum atomic E-state index is 12.4. The lowest BCUT2D eigenvalue weighted by atomic mass is 9.77. The Bertz CT molecular complexity index is 370. The van der Waals surface area contributed by atoms with Crippen molar-refractivity contribution in [3.8, 4) is 0 Å². The zero-order chi connectivity index (χ0) is 13.2. The number of amides is 2. The summed E-state index contributed by atoms with van der Waals surface area (Å²) in [6, 6.07) is -0.393. The number of carbonyl (C=O) groups excluding carboxylic acids is 2. The first-order valence-electron chi connectivity index (χ1n) is 6.85. The van der Waals surface area contributed by atoms with Gasteiger partial charge in [0, 0.05) is 6.54 Å². The molecule has 0 bridgehead atoms. The number of rotatable bonds is 2. The Morgan fingerprint density at radius 2 is 2.00 bits per heavy atom. The van der Waals surface area contributed by atoms with E-state index in [1.165, 1.54) is 0 Å². The second-order valence-electron chi connectivity index (χ2n) is 5.31. The second kappa shape index (κ2) is 5.12. The average molecular weight is 250 g/mol. The number of allylic oxidation sites excluding steroid dienone is 1. The first kappa shape index (κ1) is 13.1. The van der Waals surface area contributed by atoms with Crippen LogP contribution in [-0.4, -0.2) is 34.8 Å². The van der Waals surface area contributed by atoms with Gasteiger partial charge in [-0.3, -0.25) is 9.59 Å². The quantitative estimate of drug-likeness (QED) is 0.757. The molecule has 4 nitrogen and oxygen atoms in total. The van der Waals surface area contributed by atoms with Gasteiger partial charge < -0.3 is 10.2 Å². The molecule has 4 heteroatoms. The molecule has 1 aliphatic heterocycles. The normalized spacial score (nSPS) is 27.9. The van der Waals surface area contributed by atoms with Crippen molar-refractivity contribution >= 4 is 11.8 Å². The summed E-state index contributed by atoms with van der Waals surface area (Å²) in [7, 11) is 0. The predicted molar refractivity (Wildman–Crippen MR) is 69.9 cm³/mol. The molecular formula is C14H22N2O2. The van der Waals surface area contributed by atoms with E-state index < -0.39 is 11.6 Å². The van der Waals surface area contributed by atoms with Gasteiger partial charge in [-0.15, -0.1) is 0 Å². The number of carbonyl (C=O) groups is 2. The predicted octanol–water partition coefficient (Wildman–Crippen LogP) is 1.61. The number of nitrogens with zero attached hydrogens (tertiary/aromatic N) is 1. The van der Waals surface area contributed by atoms with E-state index in [1.54, 1.807) is 11.8 Å². The summed E-state index contributed by atoms with van der Waals surface area (Å²) in [5, 5.41) is 2.84. The molecule has 0 radical (unpaired) electrons. The highest BCUT2D eigenvalue weighted by molar-refractivity contribution is 5.99. The largest absolute Gasteiger partial charge is 0.343 e. The lowest BCUT2D eigenvalue weighted by Gasteiger charge is -2.49. The van der Waals surface area contributed by atoms with Gasteiger partial charge in [0.1, 0.15) is 11.6 Å². The molecule has 1 saturated carbocycles. The monoisotopic (exact) mass is 250 g/mol. The van der Waals surface area contributed by atoms with Crippen LogP contribution >= 0.6 is 0 Å². The third-order valence-corrected chi connectivity index (χ3v) is 4.13. The van der Waals surface area contributed by atoms with Gasteiger partial charge in [-0.2, -0.15) is 0 Å². The molecule has 1 aliphatic carbocycles. The first-order valence-corrected chi connectivity index (χ1v) is 6.85. The Kier molecular flexibility index (Phi) is 3.73. The fourth-order valence-corrected chi connectivity index (χ4v) is 3.07. The van der Waals surface area contributed by atoms with Crippen molar-refractivity contribution in [2.45, 2.75) is 57.5 Å². The van der Waals surface area contributed by atoms with Gasteiger partial charge in [0.05, 0.1) is 0 Å². The molecule has 1 saturated heterocycles. The SMILES string of the molecule is C/C=C/CN1C(=O)C(C)NC(=O)C12CCCCC2. The van der Waals surface area contributed by atoms with Crippen LogP contribution in [0.2, 0.25) is 0 Å². The summed E-state index contributed by atoms with van der Waals surface area (Å²) in [6.45, 7) is 4.25. The van der Waals surface area contributed by atoms with Gasteiger partial charge in [-0.25, -0.2) is 0 Å². The zero-order valence-corrected chi connectivity index (χ0v) is 11.2. The Hall–Kier alpha value is -1.32. The van der Waals surface area contributed by atoms with Gasteiger partial charge in [0.25, 0.3) is 0 Å². The molecule has 100 valence electrons. The van der Waals surface area contributed by atoms with Gasteiger partial charge >= 0.3 is 0 Å². The highest BCUT2D eigenvalue weighted by atomic mass is 16.2. The number of hydrogen-bond donors (Lipinski definition) is 1. The van der Waals surface area contributed by atoms with Crippen LogP contribution < -0.4 is 5.32 Å². The van der Waals surface area contributed by atoms with E-state index in [-0.39, 0.29) is 11.8 Å². The van der Waals surface area contributed by atoms with Crippen LogP contribution in [0.5, 0.6) is 0 Å². The Labute approximate surface area is 108 Å². The molecule has 2 fully saturated rings. The third kappa shape index (κ3) is 2.04. The van der Waals surface area contributed by atoms with Gasteiger partial charge in [0.2, 0.25) is 11.8 Å². The van der Waals surface area contributed by atoms with E-state index in [0.717, 1.165) is 32.1 Å². The maximum absolute atomic E-state index is 12.4. The number of piperazine rings is 1. The Morgan fingerprint density at radius 1 is 1.33 bits per heavy atom. The molecule has 18 heavy (non-hydrogen) atoms. The van der Waals surface area contributed by atoms with E-state index in [4.69, 9.17) is 0 Å². The van der Waals surface area contributed by atoms with Crippen molar-refractivity contribution in [1.82, 2.24) is 10.2 Å². The Balaban J connectivity index is 2.31. The van der Waals surface area contributed by atoms with Gasteiger partial charge in [-0.05, 0) is 26.7 Å². The van der Waals surface area contributed by atoms with Crippen molar-refractivity contribution in [1.29, 1.82) is 0 Å². The summed E-state index contributed by atoms with van der Waals surface area (Å²) < 4.78 is 0. The van der Waals surface area contributed by atoms with Crippen LogP contribution in [0.4, 0.5) is 0 Å². The number of nitrogens with one attached hydrogen (secondary N) is 1. The second-order valence-corrected chi connectivity index (χ2v) is 5.31. The van der Waals surface area contributed by atoms with Gasteiger partial charge in [0.15, 0.2) is 0 Å². The summed E-state index contributed by atoms with van der Waals surface area (Å²) in [5.74, 6) is 0.0911. The zero-order valence-electron chi connectivity index (χ0n) is 11.2. The molecule has 2 amide bonds. The molecule has 1 atom stereocenters. The summed E-state index contributed by atoms with van der Waals surface area (Å²) in [4.78, 5) is 26.5. The minimum Gasteiger partial charge on any atom is -0.343 e. The van der Waals surface area contributed by atoms with E-state index in [9.17, 15) is 9.59 Å². The molecule has 1 spiro atoms. The van der Waals surface area contributed by atoms with Crippen LogP contribution in [0.25, 0.3) is 0 Å². The highest BCUT2D eigenvalue weighted by Crippen LogP contribution is 2.36. The van der Waals surface area contributed by atoms with E-state index in [0.29, 0.717) is 6.54 Å². The maximum Gasteiger partial charge on any atom is 0.246 e. The van der Waals surface area contributed by atoms with Crippen LogP contribution in [0, 0.1) is 0 Å². The lowest BCUT2D eigenvalue weighted by molar-refractivity contribution is -0.158. The molecule has 0 aromatic carbocycles. The highest BCUT2D eigenvalue weighted by Gasteiger charge is 2.51. The van der Waals surface area contributed by atoms with Crippen molar-refractivity contribution in [2.75, 3.05) is 6.54 Å². The Morgan fingerprint density at radius 3 is 2.61 bits per heavy atom. The van der Waals surface area contributed by atoms with Crippen LogP contribution in [0.1, 0.15) is 46.0 Å². The fraction of sp³-hybridized carbons (Fsp3) is 0.714. The van der Waals surface area contributed by atoms with Gasteiger partial charge in [-0.1, -0.05) is 31.4 Å². The van der Waals surface area contributed by atoms with Crippen LogP contribution in [0.15, 0.2) is 12.2 Å². The van der Waals surface area contributed by atoms with Crippen molar-refractivity contribution in [2.24, 2.45) is 0 Å². The minimum atomic E-state index is -0.582. The van der Waals surface area contributed by atoms with Crippen LogP contribution in [-0.2, 0) is 9.59 Å². The molecular weight excluding hydrogens is 228 g/mol. The standard InChI is InChI=1S/C14H22N2O2/c1-3-4-10-16-12(17)11(2)15-13(18)14(16)8-6-5-7-9-14/h3-4,11H,5-10H2,1-2H3,(H,15,18)/b4-3+. The summed E-state index contributed by atoms with van der Waals surface area (Å²) >= 11 is 0. The molecule has 1 unspecified atom stereocenters. The van der Waals surface area contributed by atoms with Crippen LogP contribution in [0.3, 0.4) is 0 Å². The molecule has 1 heterocycles. The molecule has 0 aromatic heterocycles. The molecule has 2 rings (SSSR count). The van der Waals surface area contributed by atoms with E-state index in [2.05, 4.69) is 5.32 Å².